The Morgan fingerprint density at radius 3 is 2.05 bits per heavy atom. The molecular formula is C10H11ClF2O4S2. The van der Waals surface area contributed by atoms with Gasteiger partial charge in [-0.3, -0.25) is 0 Å². The molecule has 1 aromatic carbocycles. The highest BCUT2D eigenvalue weighted by atomic mass is 35.5. The predicted molar refractivity (Wildman–Crippen MR) is 67.0 cm³/mol. The van der Waals surface area contributed by atoms with Crippen LogP contribution in [0, 0.1) is 0 Å². The Bertz CT molecular complexity index is 641. The fourth-order valence-corrected chi connectivity index (χ4v) is 4.63. The van der Waals surface area contributed by atoms with E-state index in [1.165, 1.54) is 12.1 Å². The van der Waals surface area contributed by atoms with Crippen molar-refractivity contribution in [2.24, 2.45) is 0 Å². The molecular weight excluding hydrogens is 322 g/mol. The SMILES string of the molecule is O=S(=O)(CCCCl)c1ccccc1S(=O)(=O)C(F)F. The molecule has 0 amide bonds. The van der Waals surface area contributed by atoms with E-state index in [1.54, 1.807) is 0 Å². The van der Waals surface area contributed by atoms with Crippen molar-refractivity contribution in [3.05, 3.63) is 24.3 Å². The van der Waals surface area contributed by atoms with Crippen LogP contribution in [0.15, 0.2) is 34.1 Å². The zero-order valence-corrected chi connectivity index (χ0v) is 12.0. The molecule has 0 N–H and O–H groups in total. The van der Waals surface area contributed by atoms with Gasteiger partial charge in [0, 0.05) is 5.88 Å². The fraction of sp³-hybridized carbons (Fsp3) is 0.400. The molecule has 0 atom stereocenters. The summed E-state index contributed by atoms with van der Waals surface area (Å²) in [6.45, 7) is 0. The van der Waals surface area contributed by atoms with Gasteiger partial charge in [-0.2, -0.15) is 8.78 Å². The highest BCUT2D eigenvalue weighted by Gasteiger charge is 2.32. The normalized spacial score (nSPS) is 12.8. The van der Waals surface area contributed by atoms with Gasteiger partial charge in [0.05, 0.1) is 15.5 Å². The smallest absolute Gasteiger partial charge is 0.224 e. The van der Waals surface area contributed by atoms with E-state index < -0.39 is 41.0 Å². The van der Waals surface area contributed by atoms with E-state index in [9.17, 15) is 25.6 Å². The number of hydrogen-bond donors (Lipinski definition) is 0. The molecule has 0 radical (unpaired) electrons. The lowest BCUT2D eigenvalue weighted by Crippen LogP contribution is -2.17. The number of halogens is 3. The van der Waals surface area contributed by atoms with E-state index in [1.807, 2.05) is 0 Å². The van der Waals surface area contributed by atoms with Gasteiger partial charge in [0.25, 0.3) is 0 Å². The maximum absolute atomic E-state index is 12.5. The van der Waals surface area contributed by atoms with Crippen LogP contribution in [-0.4, -0.2) is 34.2 Å². The van der Waals surface area contributed by atoms with Gasteiger partial charge in [-0.15, -0.1) is 11.6 Å². The average Bonchev–Trinajstić information content (AvgIpc) is 2.36. The highest BCUT2D eigenvalue weighted by Crippen LogP contribution is 2.26. The molecule has 0 aliphatic carbocycles. The van der Waals surface area contributed by atoms with Crippen LogP contribution < -0.4 is 0 Å². The van der Waals surface area contributed by atoms with Gasteiger partial charge in [-0.25, -0.2) is 16.8 Å². The molecule has 0 bridgehead atoms. The lowest BCUT2D eigenvalue weighted by Gasteiger charge is -2.10. The molecule has 0 spiro atoms. The van der Waals surface area contributed by atoms with Gasteiger partial charge < -0.3 is 0 Å². The van der Waals surface area contributed by atoms with Crippen LogP contribution in [0.4, 0.5) is 8.78 Å². The predicted octanol–water partition coefficient (Wildman–Crippen LogP) is 2.09. The van der Waals surface area contributed by atoms with Crippen LogP contribution in [0.3, 0.4) is 0 Å². The molecule has 0 aliphatic heterocycles. The molecule has 108 valence electrons. The Kier molecular flexibility index (Phi) is 5.28. The largest absolute Gasteiger partial charge is 0.341 e. The Balaban J connectivity index is 3.40. The third kappa shape index (κ3) is 3.64. The molecule has 0 saturated heterocycles. The second-order valence-corrected chi connectivity index (χ2v) is 7.96. The van der Waals surface area contributed by atoms with Gasteiger partial charge in [0.1, 0.15) is 0 Å². The first kappa shape index (κ1) is 16.3. The number of alkyl halides is 3. The summed E-state index contributed by atoms with van der Waals surface area (Å²) < 4.78 is 71.7. The van der Waals surface area contributed by atoms with Crippen molar-refractivity contribution in [1.82, 2.24) is 0 Å². The standard InChI is InChI=1S/C10H11ClF2O4S2/c11-6-3-7-18(14,15)8-4-1-2-5-9(8)19(16,17)10(12)13/h1-2,4-5,10H,3,6-7H2. The first-order chi connectivity index (χ1) is 8.73. The van der Waals surface area contributed by atoms with Crippen molar-refractivity contribution in [2.45, 2.75) is 22.0 Å². The zero-order chi connectivity index (χ0) is 14.7. The van der Waals surface area contributed by atoms with Crippen molar-refractivity contribution in [2.75, 3.05) is 11.6 Å². The Morgan fingerprint density at radius 2 is 1.58 bits per heavy atom. The first-order valence-corrected chi connectivity index (χ1v) is 8.86. The van der Waals surface area contributed by atoms with Crippen LogP contribution in [0.2, 0.25) is 0 Å². The number of sulfone groups is 2. The quantitative estimate of drug-likeness (QED) is 0.748. The van der Waals surface area contributed by atoms with E-state index in [-0.39, 0.29) is 12.3 Å². The van der Waals surface area contributed by atoms with Crippen molar-refractivity contribution < 1.29 is 25.6 Å². The van der Waals surface area contributed by atoms with Gasteiger partial charge >= 0.3 is 5.76 Å². The summed E-state index contributed by atoms with van der Waals surface area (Å²) in [4.78, 5) is -1.49. The topological polar surface area (TPSA) is 68.3 Å². The summed E-state index contributed by atoms with van der Waals surface area (Å²) in [6, 6.07) is 4.32. The third-order valence-corrected chi connectivity index (χ3v) is 5.96. The highest BCUT2D eigenvalue weighted by molar-refractivity contribution is 7.94. The van der Waals surface area contributed by atoms with E-state index in [0.29, 0.717) is 0 Å². The summed E-state index contributed by atoms with van der Waals surface area (Å²) in [7, 11) is -8.93. The van der Waals surface area contributed by atoms with Crippen molar-refractivity contribution in [3.63, 3.8) is 0 Å². The summed E-state index contributed by atoms with van der Waals surface area (Å²) in [5, 5.41) is 0. The Hall–Kier alpha value is -0.730. The molecule has 1 aromatic rings. The van der Waals surface area contributed by atoms with Gasteiger partial charge in [0.15, 0.2) is 9.84 Å². The number of hydrogen-bond acceptors (Lipinski definition) is 4. The second-order valence-electron chi connectivity index (χ2n) is 3.61. The van der Waals surface area contributed by atoms with Crippen LogP contribution >= 0.6 is 11.6 Å². The van der Waals surface area contributed by atoms with E-state index >= 15 is 0 Å². The zero-order valence-electron chi connectivity index (χ0n) is 9.59. The van der Waals surface area contributed by atoms with Crippen LogP contribution in [0.1, 0.15) is 6.42 Å². The maximum atomic E-state index is 12.5. The van der Waals surface area contributed by atoms with Gasteiger partial charge in [0.2, 0.25) is 9.84 Å². The molecule has 9 heteroatoms. The molecule has 19 heavy (non-hydrogen) atoms. The van der Waals surface area contributed by atoms with E-state index in [2.05, 4.69) is 0 Å². The lowest BCUT2D eigenvalue weighted by molar-refractivity contribution is 0.234. The van der Waals surface area contributed by atoms with Crippen LogP contribution in [-0.2, 0) is 19.7 Å². The monoisotopic (exact) mass is 332 g/mol. The summed E-state index contributed by atoms with van der Waals surface area (Å²) in [6.07, 6.45) is 0.104. The number of benzene rings is 1. The van der Waals surface area contributed by atoms with Gasteiger partial charge in [-0.05, 0) is 18.6 Å². The van der Waals surface area contributed by atoms with Gasteiger partial charge in [-0.1, -0.05) is 12.1 Å². The van der Waals surface area contributed by atoms with Crippen molar-refractivity contribution in [1.29, 1.82) is 0 Å². The third-order valence-electron chi connectivity index (χ3n) is 2.27. The molecule has 4 nitrogen and oxygen atoms in total. The van der Waals surface area contributed by atoms with Crippen LogP contribution in [0.5, 0.6) is 0 Å². The van der Waals surface area contributed by atoms with E-state index in [0.717, 1.165) is 12.1 Å². The van der Waals surface area contributed by atoms with Crippen LogP contribution in [0.25, 0.3) is 0 Å². The first-order valence-electron chi connectivity index (χ1n) is 5.13. The average molecular weight is 333 g/mol. The molecule has 0 unspecified atom stereocenters. The maximum Gasteiger partial charge on any atom is 0.341 e. The summed E-state index contributed by atoms with van der Waals surface area (Å²) >= 11 is 5.37. The van der Waals surface area contributed by atoms with E-state index in [4.69, 9.17) is 11.6 Å². The minimum Gasteiger partial charge on any atom is -0.224 e. The molecule has 0 heterocycles. The summed E-state index contributed by atoms with van der Waals surface area (Å²) in [5.41, 5.74) is 0. The molecule has 0 saturated carbocycles. The Labute approximate surface area is 115 Å². The number of rotatable bonds is 6. The molecule has 0 aliphatic rings. The minimum atomic E-state index is -4.96. The Morgan fingerprint density at radius 1 is 1.05 bits per heavy atom. The molecule has 0 fully saturated rings. The minimum absolute atomic E-state index is 0.0724. The molecule has 0 aromatic heterocycles. The van der Waals surface area contributed by atoms with Crippen molar-refractivity contribution in [3.8, 4) is 0 Å². The fourth-order valence-electron chi connectivity index (χ4n) is 1.39. The molecule has 1 rings (SSSR count). The summed E-state index contributed by atoms with van der Waals surface area (Å²) in [5.74, 6) is -3.99. The second kappa shape index (κ2) is 6.15. The van der Waals surface area contributed by atoms with Crippen molar-refractivity contribution >= 4 is 31.3 Å². The lowest BCUT2D eigenvalue weighted by atomic mass is 10.4.